The molecule has 122 valence electrons. The summed E-state index contributed by atoms with van der Waals surface area (Å²) in [6, 6.07) is 11.2. The average molecular weight is 324 g/mol. The zero-order valence-corrected chi connectivity index (χ0v) is 12.9. The summed E-state index contributed by atoms with van der Waals surface area (Å²) < 4.78 is 4.87. The molecular weight excluding hydrogens is 308 g/mol. The van der Waals surface area contributed by atoms with E-state index >= 15 is 0 Å². The van der Waals surface area contributed by atoms with Gasteiger partial charge >= 0.3 is 6.03 Å². The molecule has 0 radical (unpaired) electrons. The fourth-order valence-corrected chi connectivity index (χ4v) is 2.81. The van der Waals surface area contributed by atoms with Crippen LogP contribution in [0.1, 0.15) is 18.0 Å². The maximum atomic E-state index is 12.4. The van der Waals surface area contributed by atoms with Crippen molar-refractivity contribution < 1.29 is 9.32 Å². The number of carbonyl (C=O) groups is 1. The molecule has 1 atom stereocenters. The number of hydrogen-bond donors (Lipinski definition) is 1. The molecule has 8 heteroatoms. The van der Waals surface area contributed by atoms with Crippen molar-refractivity contribution in [1.29, 1.82) is 0 Å². The number of carbonyl (C=O) groups excluding carboxylic acids is 1. The minimum atomic E-state index is -0.180. The summed E-state index contributed by atoms with van der Waals surface area (Å²) in [4.78, 5) is 15.6. The number of rotatable bonds is 3. The zero-order valence-electron chi connectivity index (χ0n) is 12.9. The summed E-state index contributed by atoms with van der Waals surface area (Å²) in [6.45, 7) is 1.29. The Balaban J connectivity index is 1.39. The molecule has 1 N–H and O–H groups in total. The number of aromatic nitrogens is 4. The first-order valence-corrected chi connectivity index (χ1v) is 7.73. The van der Waals surface area contributed by atoms with Gasteiger partial charge in [-0.1, -0.05) is 23.4 Å². The van der Waals surface area contributed by atoms with Gasteiger partial charge in [-0.2, -0.15) is 5.10 Å². The third-order valence-electron chi connectivity index (χ3n) is 4.07. The third-order valence-corrected chi connectivity index (χ3v) is 4.07. The van der Waals surface area contributed by atoms with Crippen LogP contribution in [0.25, 0.3) is 5.69 Å². The zero-order chi connectivity index (χ0) is 16.4. The SMILES string of the molecule is O=C(Nc1cnn(-c2ccccc2)n1)N1CCC(c2ccon2)C1. The summed E-state index contributed by atoms with van der Waals surface area (Å²) in [5, 5.41) is 15.2. The quantitative estimate of drug-likeness (QED) is 0.798. The van der Waals surface area contributed by atoms with Crippen LogP contribution in [0.15, 0.2) is 53.4 Å². The number of likely N-dealkylation sites (tertiary alicyclic amines) is 1. The van der Waals surface area contributed by atoms with E-state index in [1.807, 2.05) is 36.4 Å². The lowest BCUT2D eigenvalue weighted by molar-refractivity contribution is 0.221. The number of anilines is 1. The van der Waals surface area contributed by atoms with E-state index in [4.69, 9.17) is 4.52 Å². The molecule has 1 aliphatic heterocycles. The Bertz CT molecular complexity index is 814. The van der Waals surface area contributed by atoms with Crippen LogP contribution in [-0.4, -0.2) is 44.2 Å². The highest BCUT2D eigenvalue weighted by Crippen LogP contribution is 2.26. The topological polar surface area (TPSA) is 89.1 Å². The lowest BCUT2D eigenvalue weighted by Gasteiger charge is -2.15. The van der Waals surface area contributed by atoms with Gasteiger partial charge in [-0.25, -0.2) is 4.79 Å². The molecule has 24 heavy (non-hydrogen) atoms. The highest BCUT2D eigenvalue weighted by atomic mass is 16.5. The summed E-state index contributed by atoms with van der Waals surface area (Å²) in [6.07, 6.45) is 3.96. The number of urea groups is 1. The van der Waals surface area contributed by atoms with Gasteiger partial charge in [0.25, 0.3) is 0 Å². The molecule has 1 saturated heterocycles. The molecule has 8 nitrogen and oxygen atoms in total. The number of nitrogens with zero attached hydrogens (tertiary/aromatic N) is 5. The predicted octanol–water partition coefficient (Wildman–Crippen LogP) is 2.28. The fourth-order valence-electron chi connectivity index (χ4n) is 2.81. The van der Waals surface area contributed by atoms with Crippen LogP contribution in [0.5, 0.6) is 0 Å². The van der Waals surface area contributed by atoms with Gasteiger partial charge in [-0.3, -0.25) is 5.32 Å². The largest absolute Gasteiger partial charge is 0.365 e. The first-order valence-electron chi connectivity index (χ1n) is 7.73. The molecule has 2 aromatic heterocycles. The maximum absolute atomic E-state index is 12.4. The molecule has 0 spiro atoms. The van der Waals surface area contributed by atoms with E-state index in [1.165, 1.54) is 11.0 Å². The average Bonchev–Trinajstić information content (AvgIpc) is 3.36. The number of hydrogen-bond acceptors (Lipinski definition) is 5. The van der Waals surface area contributed by atoms with Gasteiger partial charge in [0, 0.05) is 25.1 Å². The lowest BCUT2D eigenvalue weighted by atomic mass is 10.1. The van der Waals surface area contributed by atoms with Gasteiger partial charge < -0.3 is 9.42 Å². The van der Waals surface area contributed by atoms with Gasteiger partial charge in [0.1, 0.15) is 6.26 Å². The highest BCUT2D eigenvalue weighted by Gasteiger charge is 2.29. The fraction of sp³-hybridized carbons (Fsp3) is 0.250. The predicted molar refractivity (Wildman–Crippen MR) is 85.8 cm³/mol. The summed E-state index contributed by atoms with van der Waals surface area (Å²) >= 11 is 0. The second kappa shape index (κ2) is 6.15. The second-order valence-electron chi connectivity index (χ2n) is 5.64. The molecule has 3 heterocycles. The van der Waals surface area contributed by atoms with E-state index in [0.29, 0.717) is 18.9 Å². The Morgan fingerprint density at radius 2 is 2.12 bits per heavy atom. The van der Waals surface area contributed by atoms with Crippen molar-refractivity contribution in [2.45, 2.75) is 12.3 Å². The van der Waals surface area contributed by atoms with Crippen LogP contribution in [0.4, 0.5) is 10.6 Å². The van der Waals surface area contributed by atoms with Crippen molar-refractivity contribution in [2.75, 3.05) is 18.4 Å². The molecule has 4 rings (SSSR count). The van der Waals surface area contributed by atoms with Gasteiger partial charge in [0.2, 0.25) is 0 Å². The summed E-state index contributed by atoms with van der Waals surface area (Å²) in [7, 11) is 0. The standard InChI is InChI=1S/C16H16N6O2/c23-16(21-8-6-12(11-21)14-7-9-24-20-14)18-15-10-17-22(19-15)13-4-2-1-3-5-13/h1-5,7,9-10,12H,6,8,11H2,(H,18,19,23). The van der Waals surface area contributed by atoms with Crippen molar-refractivity contribution in [3.05, 3.63) is 54.6 Å². The molecule has 1 fully saturated rings. The summed E-state index contributed by atoms with van der Waals surface area (Å²) in [5.41, 5.74) is 1.73. The molecule has 2 amide bonds. The van der Waals surface area contributed by atoms with Crippen LogP contribution in [0.3, 0.4) is 0 Å². The maximum Gasteiger partial charge on any atom is 0.323 e. The van der Waals surface area contributed by atoms with Crippen LogP contribution in [-0.2, 0) is 0 Å². The van der Waals surface area contributed by atoms with E-state index in [9.17, 15) is 4.79 Å². The van der Waals surface area contributed by atoms with Gasteiger partial charge in [0.05, 0.1) is 17.6 Å². The van der Waals surface area contributed by atoms with Crippen molar-refractivity contribution in [3.63, 3.8) is 0 Å². The molecular formula is C16H16N6O2. The number of benzene rings is 1. The van der Waals surface area contributed by atoms with Gasteiger partial charge in [-0.05, 0) is 18.6 Å². The van der Waals surface area contributed by atoms with Crippen molar-refractivity contribution >= 4 is 11.8 Å². The Hall–Kier alpha value is -3.16. The Kier molecular flexibility index (Phi) is 3.70. The van der Waals surface area contributed by atoms with Gasteiger partial charge in [-0.15, -0.1) is 9.90 Å². The molecule has 0 bridgehead atoms. The molecule has 0 aliphatic carbocycles. The third kappa shape index (κ3) is 2.85. The Morgan fingerprint density at radius 3 is 2.92 bits per heavy atom. The van der Waals surface area contributed by atoms with Crippen molar-refractivity contribution in [1.82, 2.24) is 25.1 Å². The van der Waals surface area contributed by atoms with E-state index in [1.54, 1.807) is 11.2 Å². The first kappa shape index (κ1) is 14.4. The smallest absolute Gasteiger partial charge is 0.323 e. The molecule has 1 aliphatic rings. The minimum Gasteiger partial charge on any atom is -0.365 e. The van der Waals surface area contributed by atoms with E-state index < -0.39 is 0 Å². The Labute approximate surface area is 138 Å². The number of amides is 2. The highest BCUT2D eigenvalue weighted by molar-refractivity contribution is 5.88. The molecule has 3 aromatic rings. The Morgan fingerprint density at radius 1 is 1.25 bits per heavy atom. The monoisotopic (exact) mass is 324 g/mol. The summed E-state index contributed by atoms with van der Waals surface area (Å²) in [5.74, 6) is 0.642. The number of para-hydroxylation sites is 1. The van der Waals surface area contributed by atoms with Crippen molar-refractivity contribution in [2.24, 2.45) is 0 Å². The van der Waals surface area contributed by atoms with E-state index in [2.05, 4.69) is 20.7 Å². The second-order valence-corrected chi connectivity index (χ2v) is 5.64. The lowest BCUT2D eigenvalue weighted by Crippen LogP contribution is -2.33. The minimum absolute atomic E-state index is 0.180. The van der Waals surface area contributed by atoms with Crippen molar-refractivity contribution in [3.8, 4) is 5.69 Å². The molecule has 0 saturated carbocycles. The van der Waals surface area contributed by atoms with E-state index in [-0.39, 0.29) is 11.9 Å². The molecule has 1 aromatic carbocycles. The van der Waals surface area contributed by atoms with Crippen LogP contribution >= 0.6 is 0 Å². The van der Waals surface area contributed by atoms with Crippen LogP contribution < -0.4 is 5.32 Å². The number of nitrogens with one attached hydrogen (secondary N) is 1. The van der Waals surface area contributed by atoms with Crippen LogP contribution in [0.2, 0.25) is 0 Å². The van der Waals surface area contributed by atoms with Crippen LogP contribution in [0, 0.1) is 0 Å². The molecule has 1 unspecified atom stereocenters. The van der Waals surface area contributed by atoms with Gasteiger partial charge in [0.15, 0.2) is 5.82 Å². The van der Waals surface area contributed by atoms with E-state index in [0.717, 1.165) is 17.8 Å². The normalized spacial score (nSPS) is 17.2. The first-order chi connectivity index (χ1) is 11.8.